The van der Waals surface area contributed by atoms with Crippen LogP contribution >= 0.6 is 0 Å². The van der Waals surface area contributed by atoms with E-state index in [2.05, 4.69) is 22.1 Å². The van der Waals surface area contributed by atoms with Crippen LogP contribution in [0.3, 0.4) is 0 Å². The molecule has 0 saturated heterocycles. The van der Waals surface area contributed by atoms with Gasteiger partial charge in [0.1, 0.15) is 0 Å². The Bertz CT molecular complexity index is 521. The minimum atomic E-state index is -0.141. The van der Waals surface area contributed by atoms with Crippen LogP contribution in [0.2, 0.25) is 0 Å². The van der Waals surface area contributed by atoms with Gasteiger partial charge in [-0.05, 0) is 31.9 Å². The summed E-state index contributed by atoms with van der Waals surface area (Å²) in [5.41, 5.74) is 1.47. The number of hydrogen-bond acceptors (Lipinski definition) is 2. The zero-order valence-corrected chi connectivity index (χ0v) is 10.8. The van der Waals surface area contributed by atoms with E-state index < -0.39 is 0 Å². The Morgan fingerprint density at radius 2 is 2.22 bits per heavy atom. The van der Waals surface area contributed by atoms with E-state index in [1.807, 2.05) is 13.0 Å². The van der Waals surface area contributed by atoms with Crippen LogP contribution in [0.4, 0.5) is 0 Å². The minimum absolute atomic E-state index is 0.00848. The molecule has 2 N–H and O–H groups in total. The molecule has 18 heavy (non-hydrogen) atoms. The highest BCUT2D eigenvalue weighted by Gasteiger charge is 2.01. The van der Waals surface area contributed by atoms with Gasteiger partial charge < -0.3 is 10.3 Å². The lowest BCUT2D eigenvalue weighted by atomic mass is 10.2. The van der Waals surface area contributed by atoms with Crippen LogP contribution in [-0.2, 0) is 11.3 Å². The third-order valence-corrected chi connectivity index (χ3v) is 2.41. The van der Waals surface area contributed by atoms with Gasteiger partial charge in [0.2, 0.25) is 11.5 Å². The molecule has 4 nitrogen and oxygen atoms in total. The van der Waals surface area contributed by atoms with E-state index in [4.69, 9.17) is 0 Å². The first-order valence-electron chi connectivity index (χ1n) is 5.98. The van der Waals surface area contributed by atoms with Crippen molar-refractivity contribution in [1.82, 2.24) is 10.3 Å². The van der Waals surface area contributed by atoms with E-state index in [0.29, 0.717) is 13.0 Å². The summed E-state index contributed by atoms with van der Waals surface area (Å²) in [7, 11) is 0. The number of rotatable bonds is 5. The fourth-order valence-electron chi connectivity index (χ4n) is 1.61. The molecule has 0 radical (unpaired) electrons. The molecule has 0 fully saturated rings. The van der Waals surface area contributed by atoms with Crippen molar-refractivity contribution in [2.24, 2.45) is 0 Å². The number of aryl methyl sites for hydroxylation is 1. The van der Waals surface area contributed by atoms with Gasteiger partial charge in [0, 0.05) is 31.1 Å². The Hall–Kier alpha value is -2.02. The summed E-state index contributed by atoms with van der Waals surface area (Å²) in [4.78, 5) is 25.4. The Kier molecular flexibility index (Phi) is 5.72. The van der Waals surface area contributed by atoms with Gasteiger partial charge in [0.25, 0.3) is 0 Å². The molecule has 1 aromatic heterocycles. The summed E-state index contributed by atoms with van der Waals surface area (Å²) < 4.78 is 0. The number of pyridine rings is 1. The second-order valence-electron chi connectivity index (χ2n) is 4.09. The van der Waals surface area contributed by atoms with Gasteiger partial charge in [0.15, 0.2) is 0 Å². The molecule has 1 amide bonds. The predicted octanol–water partition coefficient (Wildman–Crippen LogP) is 1.49. The molecular weight excluding hydrogens is 228 g/mol. The standard InChI is InChI=1S/C14H18N2O2/c1-3-4-5-6-7-13(17)15-10-12-8-11(2)16-14(18)9-12/h8-9H,5-7,10H2,1-2H3,(H,15,17)(H,16,18). The summed E-state index contributed by atoms with van der Waals surface area (Å²) in [5, 5.41) is 2.79. The zero-order chi connectivity index (χ0) is 13.4. The van der Waals surface area contributed by atoms with Crippen LogP contribution in [0.25, 0.3) is 0 Å². The number of H-pyrrole nitrogens is 1. The lowest BCUT2D eigenvalue weighted by molar-refractivity contribution is -0.121. The van der Waals surface area contributed by atoms with Crippen molar-refractivity contribution in [3.63, 3.8) is 0 Å². The largest absolute Gasteiger partial charge is 0.352 e. The number of amides is 1. The molecule has 1 rings (SSSR count). The fourth-order valence-corrected chi connectivity index (χ4v) is 1.61. The molecule has 0 bridgehead atoms. The zero-order valence-electron chi connectivity index (χ0n) is 10.8. The number of nitrogens with one attached hydrogen (secondary N) is 2. The Labute approximate surface area is 107 Å². The Morgan fingerprint density at radius 1 is 1.44 bits per heavy atom. The third-order valence-electron chi connectivity index (χ3n) is 2.41. The molecule has 4 heteroatoms. The van der Waals surface area contributed by atoms with Crippen molar-refractivity contribution >= 4 is 5.91 Å². The monoisotopic (exact) mass is 246 g/mol. The molecule has 1 heterocycles. The number of carbonyl (C=O) groups excluding carboxylic acids is 1. The van der Waals surface area contributed by atoms with Crippen LogP contribution in [0.5, 0.6) is 0 Å². The molecule has 0 aromatic carbocycles. The number of carbonyl (C=O) groups is 1. The first-order valence-corrected chi connectivity index (χ1v) is 5.98. The smallest absolute Gasteiger partial charge is 0.248 e. The maximum absolute atomic E-state index is 11.5. The van der Waals surface area contributed by atoms with Gasteiger partial charge >= 0.3 is 0 Å². The summed E-state index contributed by atoms with van der Waals surface area (Å²) >= 11 is 0. The van der Waals surface area contributed by atoms with Gasteiger partial charge in [-0.3, -0.25) is 9.59 Å². The van der Waals surface area contributed by atoms with Gasteiger partial charge in [-0.15, -0.1) is 11.8 Å². The first-order chi connectivity index (χ1) is 8.61. The second kappa shape index (κ2) is 7.33. The van der Waals surface area contributed by atoms with E-state index in [0.717, 1.165) is 24.1 Å². The van der Waals surface area contributed by atoms with Crippen LogP contribution in [-0.4, -0.2) is 10.9 Å². The molecule has 0 atom stereocenters. The van der Waals surface area contributed by atoms with Crippen molar-refractivity contribution in [1.29, 1.82) is 0 Å². The van der Waals surface area contributed by atoms with Crippen LogP contribution in [0, 0.1) is 18.8 Å². The molecule has 96 valence electrons. The van der Waals surface area contributed by atoms with Crippen molar-refractivity contribution in [3.8, 4) is 11.8 Å². The molecule has 0 aliphatic carbocycles. The summed E-state index contributed by atoms with van der Waals surface area (Å²) in [6.07, 6.45) is 1.98. The van der Waals surface area contributed by atoms with Crippen molar-refractivity contribution < 1.29 is 4.79 Å². The normalized spacial score (nSPS) is 9.44. The fraction of sp³-hybridized carbons (Fsp3) is 0.429. The topological polar surface area (TPSA) is 62.0 Å². The van der Waals surface area contributed by atoms with Gasteiger partial charge in [0.05, 0.1) is 0 Å². The van der Waals surface area contributed by atoms with Gasteiger partial charge in [-0.25, -0.2) is 0 Å². The van der Waals surface area contributed by atoms with Crippen molar-refractivity contribution in [3.05, 3.63) is 33.7 Å². The Morgan fingerprint density at radius 3 is 2.89 bits per heavy atom. The second-order valence-corrected chi connectivity index (χ2v) is 4.09. The highest BCUT2D eigenvalue weighted by Crippen LogP contribution is 1.98. The maximum atomic E-state index is 11.5. The Balaban J connectivity index is 2.37. The lowest BCUT2D eigenvalue weighted by Gasteiger charge is -2.05. The molecule has 0 unspecified atom stereocenters. The summed E-state index contributed by atoms with van der Waals surface area (Å²) in [6, 6.07) is 3.35. The number of aromatic amines is 1. The molecule has 1 aromatic rings. The predicted molar refractivity (Wildman–Crippen MR) is 70.9 cm³/mol. The first kappa shape index (κ1) is 14.0. The van der Waals surface area contributed by atoms with Crippen LogP contribution < -0.4 is 10.9 Å². The molecule has 0 aliphatic heterocycles. The van der Waals surface area contributed by atoms with E-state index in [-0.39, 0.29) is 11.5 Å². The quantitative estimate of drug-likeness (QED) is 0.611. The molecule has 0 aliphatic rings. The van der Waals surface area contributed by atoms with Gasteiger partial charge in [-0.1, -0.05) is 0 Å². The molecule has 0 spiro atoms. The third kappa shape index (κ3) is 5.35. The van der Waals surface area contributed by atoms with Crippen LogP contribution in [0.15, 0.2) is 16.9 Å². The van der Waals surface area contributed by atoms with E-state index >= 15 is 0 Å². The SMILES string of the molecule is CC#CCCCC(=O)NCc1cc(C)[nH]c(=O)c1. The van der Waals surface area contributed by atoms with E-state index in [1.54, 1.807) is 6.92 Å². The summed E-state index contributed by atoms with van der Waals surface area (Å²) in [6.45, 7) is 3.99. The van der Waals surface area contributed by atoms with Crippen molar-refractivity contribution in [2.75, 3.05) is 0 Å². The van der Waals surface area contributed by atoms with Crippen molar-refractivity contribution in [2.45, 2.75) is 39.7 Å². The summed E-state index contributed by atoms with van der Waals surface area (Å²) in [5.74, 6) is 5.70. The maximum Gasteiger partial charge on any atom is 0.248 e. The number of unbranched alkanes of at least 4 members (excludes halogenated alkanes) is 1. The number of hydrogen-bond donors (Lipinski definition) is 2. The molecular formula is C14H18N2O2. The van der Waals surface area contributed by atoms with E-state index in [1.165, 1.54) is 6.07 Å². The number of aromatic nitrogens is 1. The lowest BCUT2D eigenvalue weighted by Crippen LogP contribution is -2.23. The highest BCUT2D eigenvalue weighted by molar-refractivity contribution is 5.75. The van der Waals surface area contributed by atoms with Gasteiger partial charge in [-0.2, -0.15) is 0 Å². The highest BCUT2D eigenvalue weighted by atomic mass is 16.1. The van der Waals surface area contributed by atoms with Crippen LogP contribution in [0.1, 0.15) is 37.4 Å². The minimum Gasteiger partial charge on any atom is -0.352 e. The van der Waals surface area contributed by atoms with E-state index in [9.17, 15) is 9.59 Å². The molecule has 0 saturated carbocycles. The average molecular weight is 246 g/mol. The average Bonchev–Trinajstić information content (AvgIpc) is 2.31.